The third-order valence-corrected chi connectivity index (χ3v) is 2.27. The maximum Gasteiger partial charge on any atom is 0.129 e. The van der Waals surface area contributed by atoms with Gasteiger partial charge in [0.05, 0.1) is 0 Å². The van der Waals surface area contributed by atoms with Crippen LogP contribution in [0.4, 0.5) is 4.39 Å². The molecule has 13 heavy (non-hydrogen) atoms. The Balaban J connectivity index is 3.18. The molecule has 72 valence electrons. The highest BCUT2D eigenvalue weighted by Gasteiger charge is 2.11. The zero-order valence-corrected chi connectivity index (χ0v) is 7.97. The Morgan fingerprint density at radius 3 is 2.54 bits per heavy atom. The molecule has 0 saturated carbocycles. The lowest BCUT2D eigenvalue weighted by Gasteiger charge is -2.13. The highest BCUT2D eigenvalue weighted by molar-refractivity contribution is 5.34. The SMILES string of the molecule is Cc1ccc(C(N)CN)c(C)c1F. The van der Waals surface area contributed by atoms with Gasteiger partial charge in [-0.2, -0.15) is 0 Å². The van der Waals surface area contributed by atoms with E-state index in [1.807, 2.05) is 6.07 Å². The molecule has 0 spiro atoms. The zero-order chi connectivity index (χ0) is 10.0. The topological polar surface area (TPSA) is 52.0 Å². The van der Waals surface area contributed by atoms with Crippen molar-refractivity contribution in [2.75, 3.05) is 6.54 Å². The molecule has 0 aliphatic heterocycles. The van der Waals surface area contributed by atoms with E-state index in [0.29, 0.717) is 17.7 Å². The van der Waals surface area contributed by atoms with Gasteiger partial charge in [-0.1, -0.05) is 12.1 Å². The van der Waals surface area contributed by atoms with E-state index in [0.717, 1.165) is 5.56 Å². The fraction of sp³-hybridized carbons (Fsp3) is 0.400. The molecule has 0 bridgehead atoms. The van der Waals surface area contributed by atoms with Crippen LogP contribution in [-0.2, 0) is 0 Å². The minimum Gasteiger partial charge on any atom is -0.329 e. The molecule has 0 saturated heterocycles. The van der Waals surface area contributed by atoms with Crippen molar-refractivity contribution in [3.63, 3.8) is 0 Å². The van der Waals surface area contributed by atoms with Gasteiger partial charge in [0.15, 0.2) is 0 Å². The monoisotopic (exact) mass is 182 g/mol. The Bertz CT molecular complexity index is 310. The van der Waals surface area contributed by atoms with E-state index in [9.17, 15) is 4.39 Å². The van der Waals surface area contributed by atoms with Gasteiger partial charge in [0.25, 0.3) is 0 Å². The fourth-order valence-electron chi connectivity index (χ4n) is 1.36. The number of aryl methyl sites for hydroxylation is 1. The Morgan fingerprint density at radius 2 is 2.00 bits per heavy atom. The molecule has 0 amide bonds. The van der Waals surface area contributed by atoms with Crippen LogP contribution in [0.15, 0.2) is 12.1 Å². The van der Waals surface area contributed by atoms with Gasteiger partial charge in [0, 0.05) is 12.6 Å². The van der Waals surface area contributed by atoms with Gasteiger partial charge in [0.1, 0.15) is 5.82 Å². The third-order valence-electron chi connectivity index (χ3n) is 2.27. The predicted octanol–water partition coefficient (Wildman–Crippen LogP) is 1.40. The summed E-state index contributed by atoms with van der Waals surface area (Å²) in [4.78, 5) is 0. The molecular formula is C10H15FN2. The summed E-state index contributed by atoms with van der Waals surface area (Å²) in [5.74, 6) is -0.179. The molecule has 2 nitrogen and oxygen atoms in total. The Morgan fingerprint density at radius 1 is 1.38 bits per heavy atom. The summed E-state index contributed by atoms with van der Waals surface area (Å²) in [7, 11) is 0. The number of hydrogen-bond donors (Lipinski definition) is 2. The molecule has 3 heteroatoms. The van der Waals surface area contributed by atoms with Crippen LogP contribution in [0.5, 0.6) is 0 Å². The minimum absolute atomic E-state index is 0.179. The van der Waals surface area contributed by atoms with E-state index >= 15 is 0 Å². The first-order valence-corrected chi connectivity index (χ1v) is 4.29. The van der Waals surface area contributed by atoms with Crippen molar-refractivity contribution in [2.24, 2.45) is 11.5 Å². The second-order valence-corrected chi connectivity index (χ2v) is 3.25. The quantitative estimate of drug-likeness (QED) is 0.726. The summed E-state index contributed by atoms with van der Waals surface area (Å²) in [5.41, 5.74) is 13.2. The van der Waals surface area contributed by atoms with Crippen LogP contribution in [0.3, 0.4) is 0 Å². The van der Waals surface area contributed by atoms with Gasteiger partial charge in [-0.3, -0.25) is 0 Å². The second-order valence-electron chi connectivity index (χ2n) is 3.25. The molecule has 1 unspecified atom stereocenters. The number of benzene rings is 1. The van der Waals surface area contributed by atoms with Gasteiger partial charge < -0.3 is 11.5 Å². The summed E-state index contributed by atoms with van der Waals surface area (Å²) >= 11 is 0. The van der Waals surface area contributed by atoms with Crippen LogP contribution >= 0.6 is 0 Å². The first-order valence-electron chi connectivity index (χ1n) is 4.29. The third kappa shape index (κ3) is 1.87. The highest BCUT2D eigenvalue weighted by atomic mass is 19.1. The van der Waals surface area contributed by atoms with Crippen molar-refractivity contribution < 1.29 is 4.39 Å². The van der Waals surface area contributed by atoms with Gasteiger partial charge in [-0.15, -0.1) is 0 Å². The molecule has 1 aromatic rings. The maximum absolute atomic E-state index is 13.4. The summed E-state index contributed by atoms with van der Waals surface area (Å²) in [6.07, 6.45) is 0. The molecule has 0 radical (unpaired) electrons. The minimum atomic E-state index is -0.268. The van der Waals surface area contributed by atoms with Crippen molar-refractivity contribution in [2.45, 2.75) is 19.9 Å². The molecule has 1 rings (SSSR count). The molecular weight excluding hydrogens is 167 g/mol. The average Bonchev–Trinajstić information content (AvgIpc) is 2.13. The first kappa shape index (κ1) is 10.2. The van der Waals surface area contributed by atoms with E-state index in [1.54, 1.807) is 19.9 Å². The van der Waals surface area contributed by atoms with Gasteiger partial charge >= 0.3 is 0 Å². The van der Waals surface area contributed by atoms with Crippen molar-refractivity contribution >= 4 is 0 Å². The summed E-state index contributed by atoms with van der Waals surface area (Å²) in [6.45, 7) is 3.80. The normalized spacial score (nSPS) is 13.0. The van der Waals surface area contributed by atoms with Crippen LogP contribution in [0.2, 0.25) is 0 Å². The summed E-state index contributed by atoms with van der Waals surface area (Å²) in [6, 6.07) is 3.30. The number of hydrogen-bond acceptors (Lipinski definition) is 2. The standard InChI is InChI=1S/C10H15FN2/c1-6-3-4-8(9(13)5-12)7(2)10(6)11/h3-4,9H,5,12-13H2,1-2H3. The van der Waals surface area contributed by atoms with Crippen LogP contribution < -0.4 is 11.5 Å². The maximum atomic E-state index is 13.4. The van der Waals surface area contributed by atoms with E-state index in [4.69, 9.17) is 11.5 Å². The summed E-state index contributed by atoms with van der Waals surface area (Å²) < 4.78 is 13.4. The Hall–Kier alpha value is -0.930. The lowest BCUT2D eigenvalue weighted by molar-refractivity contribution is 0.599. The van der Waals surface area contributed by atoms with Gasteiger partial charge in [-0.25, -0.2) is 4.39 Å². The van der Waals surface area contributed by atoms with Crippen LogP contribution in [0.1, 0.15) is 22.7 Å². The molecule has 0 heterocycles. The van der Waals surface area contributed by atoms with E-state index < -0.39 is 0 Å². The fourth-order valence-corrected chi connectivity index (χ4v) is 1.36. The van der Waals surface area contributed by atoms with Gasteiger partial charge in [0.2, 0.25) is 0 Å². The lowest BCUT2D eigenvalue weighted by atomic mass is 9.99. The van der Waals surface area contributed by atoms with E-state index in [1.165, 1.54) is 0 Å². The van der Waals surface area contributed by atoms with Crippen molar-refractivity contribution in [3.8, 4) is 0 Å². The van der Waals surface area contributed by atoms with Crippen LogP contribution in [0, 0.1) is 19.7 Å². The zero-order valence-electron chi connectivity index (χ0n) is 7.97. The first-order chi connectivity index (χ1) is 6.07. The molecule has 4 N–H and O–H groups in total. The smallest absolute Gasteiger partial charge is 0.129 e. The molecule has 1 aromatic carbocycles. The van der Waals surface area contributed by atoms with Crippen molar-refractivity contribution in [1.82, 2.24) is 0 Å². The molecule has 0 aromatic heterocycles. The predicted molar refractivity (Wildman–Crippen MR) is 51.9 cm³/mol. The molecule has 0 aliphatic rings. The highest BCUT2D eigenvalue weighted by Crippen LogP contribution is 2.20. The number of rotatable bonds is 2. The molecule has 0 fully saturated rings. The van der Waals surface area contributed by atoms with Crippen molar-refractivity contribution in [3.05, 3.63) is 34.6 Å². The number of nitrogens with two attached hydrogens (primary N) is 2. The largest absolute Gasteiger partial charge is 0.329 e. The van der Waals surface area contributed by atoms with E-state index in [-0.39, 0.29) is 11.9 Å². The van der Waals surface area contributed by atoms with Crippen LogP contribution in [0.25, 0.3) is 0 Å². The number of halogens is 1. The Labute approximate surface area is 77.7 Å². The van der Waals surface area contributed by atoms with E-state index in [2.05, 4.69) is 0 Å². The summed E-state index contributed by atoms with van der Waals surface area (Å²) in [5, 5.41) is 0. The van der Waals surface area contributed by atoms with Crippen LogP contribution in [-0.4, -0.2) is 6.54 Å². The second kappa shape index (κ2) is 3.85. The molecule has 0 aliphatic carbocycles. The average molecular weight is 182 g/mol. The lowest BCUT2D eigenvalue weighted by Crippen LogP contribution is -2.22. The molecule has 1 atom stereocenters. The Kier molecular flexibility index (Phi) is 3.01. The van der Waals surface area contributed by atoms with Gasteiger partial charge in [-0.05, 0) is 30.5 Å². The van der Waals surface area contributed by atoms with Crippen molar-refractivity contribution in [1.29, 1.82) is 0 Å².